The second kappa shape index (κ2) is 8.34. The summed E-state index contributed by atoms with van der Waals surface area (Å²) in [4.78, 5) is 2.01. The number of hydrogen-bond acceptors (Lipinski definition) is 5. The van der Waals surface area contributed by atoms with E-state index >= 15 is 0 Å². The van der Waals surface area contributed by atoms with Gasteiger partial charge >= 0.3 is 0 Å². The highest BCUT2D eigenvalue weighted by Crippen LogP contribution is 2.25. The van der Waals surface area contributed by atoms with Crippen LogP contribution in [0.3, 0.4) is 0 Å². The molecule has 0 saturated heterocycles. The molecule has 0 aliphatic rings. The van der Waals surface area contributed by atoms with Crippen LogP contribution in [0.25, 0.3) is 0 Å². The van der Waals surface area contributed by atoms with E-state index in [1.807, 2.05) is 30.1 Å². The van der Waals surface area contributed by atoms with E-state index in [1.165, 1.54) is 0 Å². The van der Waals surface area contributed by atoms with Gasteiger partial charge in [0.25, 0.3) is 0 Å². The van der Waals surface area contributed by atoms with Gasteiger partial charge in [-0.15, -0.1) is 0 Å². The summed E-state index contributed by atoms with van der Waals surface area (Å²) in [6, 6.07) is 14.7. The van der Waals surface area contributed by atoms with Crippen LogP contribution in [0, 0.1) is 11.3 Å². The zero-order chi connectivity index (χ0) is 17.5. The largest absolute Gasteiger partial charge is 0.497 e. The fourth-order valence-electron chi connectivity index (χ4n) is 2.54. The number of hydrogen-bond donors (Lipinski definition) is 1. The highest BCUT2D eigenvalue weighted by molar-refractivity contribution is 5.40. The van der Waals surface area contributed by atoms with Crippen LogP contribution in [0.4, 0.5) is 0 Å². The SMILES string of the molecule is COc1ccc(OC)c(CN(C)CC(O)c2ccc(C#N)cc2)c1. The molecule has 2 aromatic carbocycles. The summed E-state index contributed by atoms with van der Waals surface area (Å²) in [6.45, 7) is 1.08. The molecule has 0 amide bonds. The summed E-state index contributed by atoms with van der Waals surface area (Å²) in [5.41, 5.74) is 2.37. The summed E-state index contributed by atoms with van der Waals surface area (Å²) in [7, 11) is 5.20. The number of aliphatic hydroxyl groups excluding tert-OH is 1. The van der Waals surface area contributed by atoms with Gasteiger partial charge in [-0.2, -0.15) is 5.26 Å². The standard InChI is InChI=1S/C19H22N2O3/c1-21(12-16-10-17(23-2)8-9-19(16)24-3)13-18(22)15-6-4-14(11-20)5-7-15/h4-10,18,22H,12-13H2,1-3H3. The number of methoxy groups -OCH3 is 2. The van der Waals surface area contributed by atoms with Crippen molar-refractivity contribution in [2.75, 3.05) is 27.8 Å². The minimum atomic E-state index is -0.626. The molecule has 1 atom stereocenters. The summed E-state index contributed by atoms with van der Waals surface area (Å²) >= 11 is 0. The smallest absolute Gasteiger partial charge is 0.123 e. The Morgan fingerprint density at radius 3 is 2.42 bits per heavy atom. The van der Waals surface area contributed by atoms with Gasteiger partial charge in [-0.25, -0.2) is 0 Å². The summed E-state index contributed by atoms with van der Waals surface area (Å²) < 4.78 is 10.6. The van der Waals surface area contributed by atoms with Gasteiger partial charge in [0.2, 0.25) is 0 Å². The number of nitriles is 1. The van der Waals surface area contributed by atoms with E-state index in [4.69, 9.17) is 14.7 Å². The second-order valence-electron chi connectivity index (χ2n) is 5.62. The molecule has 0 aromatic heterocycles. The van der Waals surface area contributed by atoms with Gasteiger partial charge in [0.15, 0.2) is 0 Å². The van der Waals surface area contributed by atoms with Crippen molar-refractivity contribution >= 4 is 0 Å². The summed E-state index contributed by atoms with van der Waals surface area (Å²) in [6.07, 6.45) is -0.626. The Labute approximate surface area is 142 Å². The van der Waals surface area contributed by atoms with Crippen LogP contribution in [-0.4, -0.2) is 37.8 Å². The third-order valence-electron chi connectivity index (χ3n) is 3.84. The van der Waals surface area contributed by atoms with Gasteiger partial charge in [-0.3, -0.25) is 4.90 Å². The zero-order valence-corrected chi connectivity index (χ0v) is 14.2. The average Bonchev–Trinajstić information content (AvgIpc) is 2.61. The highest BCUT2D eigenvalue weighted by atomic mass is 16.5. The monoisotopic (exact) mass is 326 g/mol. The molecule has 0 heterocycles. The van der Waals surface area contributed by atoms with Crippen molar-refractivity contribution in [2.24, 2.45) is 0 Å². The summed E-state index contributed by atoms with van der Waals surface area (Å²) in [5.74, 6) is 1.56. The zero-order valence-electron chi connectivity index (χ0n) is 14.2. The molecule has 0 fully saturated rings. The van der Waals surface area contributed by atoms with Crippen LogP contribution in [0.1, 0.15) is 22.8 Å². The molecule has 126 valence electrons. The summed E-state index contributed by atoms with van der Waals surface area (Å²) in [5, 5.41) is 19.2. The number of nitrogens with zero attached hydrogens (tertiary/aromatic N) is 2. The van der Waals surface area contributed by atoms with E-state index in [1.54, 1.807) is 38.5 Å². The first kappa shape index (κ1) is 17.8. The van der Waals surface area contributed by atoms with Gasteiger partial charge in [-0.05, 0) is 42.9 Å². The van der Waals surface area contributed by atoms with E-state index < -0.39 is 6.10 Å². The molecule has 0 saturated carbocycles. The molecule has 0 aliphatic heterocycles. The predicted molar refractivity (Wildman–Crippen MR) is 92.0 cm³/mol. The first-order chi connectivity index (χ1) is 11.6. The van der Waals surface area contributed by atoms with Gasteiger partial charge in [0.05, 0.1) is 32.0 Å². The molecule has 0 bridgehead atoms. The van der Waals surface area contributed by atoms with Gasteiger partial charge in [-0.1, -0.05) is 12.1 Å². The number of aliphatic hydroxyl groups is 1. The third kappa shape index (κ3) is 4.48. The maximum Gasteiger partial charge on any atom is 0.123 e. The number of rotatable bonds is 7. The fourth-order valence-corrected chi connectivity index (χ4v) is 2.54. The van der Waals surface area contributed by atoms with Crippen LogP contribution >= 0.6 is 0 Å². The predicted octanol–water partition coefficient (Wildman–Crippen LogP) is 2.74. The number of likely N-dealkylation sites (N-methyl/N-ethyl adjacent to an activating group) is 1. The van der Waals surface area contributed by atoms with Crippen LogP contribution in [0.15, 0.2) is 42.5 Å². The second-order valence-corrected chi connectivity index (χ2v) is 5.62. The minimum Gasteiger partial charge on any atom is -0.497 e. The lowest BCUT2D eigenvalue weighted by Crippen LogP contribution is -2.24. The molecule has 2 rings (SSSR count). The molecule has 24 heavy (non-hydrogen) atoms. The van der Waals surface area contributed by atoms with E-state index in [9.17, 15) is 5.11 Å². The fraction of sp³-hybridized carbons (Fsp3) is 0.316. The Hall–Kier alpha value is -2.55. The van der Waals surface area contributed by atoms with Crippen LogP contribution < -0.4 is 9.47 Å². The Balaban J connectivity index is 2.04. The van der Waals surface area contributed by atoms with Crippen molar-refractivity contribution in [3.8, 4) is 17.6 Å². The van der Waals surface area contributed by atoms with Crippen molar-refractivity contribution in [3.63, 3.8) is 0 Å². The van der Waals surface area contributed by atoms with Crippen LogP contribution in [0.5, 0.6) is 11.5 Å². The molecule has 5 heteroatoms. The van der Waals surface area contributed by atoms with Crippen molar-refractivity contribution in [2.45, 2.75) is 12.6 Å². The Morgan fingerprint density at radius 2 is 1.83 bits per heavy atom. The molecule has 0 radical (unpaired) electrons. The van der Waals surface area contributed by atoms with Crippen molar-refractivity contribution in [1.82, 2.24) is 4.90 Å². The van der Waals surface area contributed by atoms with Crippen LogP contribution in [-0.2, 0) is 6.54 Å². The molecule has 5 nitrogen and oxygen atoms in total. The minimum absolute atomic E-state index is 0.465. The topological polar surface area (TPSA) is 65.7 Å². The Morgan fingerprint density at radius 1 is 1.12 bits per heavy atom. The molecular formula is C19H22N2O3. The molecule has 0 aliphatic carbocycles. The lowest BCUT2D eigenvalue weighted by molar-refractivity contribution is 0.123. The normalized spacial score (nSPS) is 11.8. The molecular weight excluding hydrogens is 304 g/mol. The average molecular weight is 326 g/mol. The lowest BCUT2D eigenvalue weighted by atomic mass is 10.1. The maximum atomic E-state index is 10.4. The Bertz CT molecular complexity index is 708. The van der Waals surface area contributed by atoms with Gasteiger partial charge in [0, 0.05) is 18.7 Å². The van der Waals surface area contributed by atoms with Gasteiger partial charge < -0.3 is 14.6 Å². The Kier molecular flexibility index (Phi) is 6.19. The number of ether oxygens (including phenoxy) is 2. The van der Waals surface area contributed by atoms with Crippen LogP contribution in [0.2, 0.25) is 0 Å². The molecule has 0 spiro atoms. The third-order valence-corrected chi connectivity index (χ3v) is 3.84. The molecule has 1 N–H and O–H groups in total. The first-order valence-corrected chi connectivity index (χ1v) is 7.65. The van der Waals surface area contributed by atoms with E-state index in [0.717, 1.165) is 22.6 Å². The van der Waals surface area contributed by atoms with E-state index in [0.29, 0.717) is 18.7 Å². The van der Waals surface area contributed by atoms with Gasteiger partial charge in [0.1, 0.15) is 11.5 Å². The first-order valence-electron chi connectivity index (χ1n) is 7.65. The molecule has 2 aromatic rings. The van der Waals surface area contributed by atoms with Crippen molar-refractivity contribution in [3.05, 3.63) is 59.2 Å². The van der Waals surface area contributed by atoms with Crippen molar-refractivity contribution in [1.29, 1.82) is 5.26 Å². The maximum absolute atomic E-state index is 10.4. The van der Waals surface area contributed by atoms with E-state index in [-0.39, 0.29) is 0 Å². The number of benzene rings is 2. The van der Waals surface area contributed by atoms with E-state index in [2.05, 4.69) is 6.07 Å². The van der Waals surface area contributed by atoms with Crippen molar-refractivity contribution < 1.29 is 14.6 Å². The molecule has 1 unspecified atom stereocenters. The highest BCUT2D eigenvalue weighted by Gasteiger charge is 2.13. The quantitative estimate of drug-likeness (QED) is 0.847. The lowest BCUT2D eigenvalue weighted by Gasteiger charge is -2.22.